The van der Waals surface area contributed by atoms with Gasteiger partial charge in [0.1, 0.15) is 11.6 Å². The standard InChI is InChI=1S/C18H15FN4O3S/c1-26-14-7-5-13(6-8-14)21-16(25)18-23-22-17(27-18)15(24)20-10-11-3-2-4-12(19)9-11/h2-9H,10H2,1H3,(H,20,24)(H,21,25). The van der Waals surface area contributed by atoms with Gasteiger partial charge in [-0.2, -0.15) is 0 Å². The molecule has 2 N–H and O–H groups in total. The van der Waals surface area contributed by atoms with E-state index in [4.69, 9.17) is 4.74 Å². The highest BCUT2D eigenvalue weighted by Gasteiger charge is 2.17. The van der Waals surface area contributed by atoms with Gasteiger partial charge in [-0.05, 0) is 42.0 Å². The second-order valence-corrected chi connectivity index (χ2v) is 6.39. The first-order valence-electron chi connectivity index (χ1n) is 7.86. The van der Waals surface area contributed by atoms with Crippen LogP contribution in [0.15, 0.2) is 48.5 Å². The SMILES string of the molecule is COc1ccc(NC(=O)c2nnc(C(=O)NCc3cccc(F)c3)s2)cc1. The number of methoxy groups -OCH3 is 1. The number of benzene rings is 2. The number of rotatable bonds is 6. The fraction of sp³-hybridized carbons (Fsp3) is 0.111. The van der Waals surface area contributed by atoms with E-state index >= 15 is 0 Å². The number of halogens is 1. The number of anilines is 1. The summed E-state index contributed by atoms with van der Waals surface area (Å²) < 4.78 is 18.2. The summed E-state index contributed by atoms with van der Waals surface area (Å²) in [6.45, 7) is 0.142. The summed E-state index contributed by atoms with van der Waals surface area (Å²) in [5.41, 5.74) is 1.18. The van der Waals surface area contributed by atoms with Crippen molar-refractivity contribution in [3.63, 3.8) is 0 Å². The molecule has 0 fully saturated rings. The zero-order valence-electron chi connectivity index (χ0n) is 14.2. The highest BCUT2D eigenvalue weighted by Crippen LogP contribution is 2.17. The molecule has 0 aliphatic carbocycles. The van der Waals surface area contributed by atoms with Crippen LogP contribution in [0, 0.1) is 5.82 Å². The van der Waals surface area contributed by atoms with E-state index in [9.17, 15) is 14.0 Å². The maximum Gasteiger partial charge on any atom is 0.286 e. The minimum absolute atomic E-state index is 0.0475. The van der Waals surface area contributed by atoms with Gasteiger partial charge in [0.2, 0.25) is 10.0 Å². The molecular weight excluding hydrogens is 371 g/mol. The van der Waals surface area contributed by atoms with Crippen LogP contribution in [0.4, 0.5) is 10.1 Å². The minimum atomic E-state index is -0.486. The fourth-order valence-electron chi connectivity index (χ4n) is 2.17. The van der Waals surface area contributed by atoms with Crippen LogP contribution in [-0.4, -0.2) is 29.1 Å². The summed E-state index contributed by atoms with van der Waals surface area (Å²) in [7, 11) is 1.55. The van der Waals surface area contributed by atoms with Gasteiger partial charge in [-0.1, -0.05) is 23.5 Å². The van der Waals surface area contributed by atoms with Crippen LogP contribution in [0.25, 0.3) is 0 Å². The smallest absolute Gasteiger partial charge is 0.286 e. The number of carbonyl (C=O) groups is 2. The number of ether oxygens (including phenoxy) is 1. The summed E-state index contributed by atoms with van der Waals surface area (Å²) in [5.74, 6) is -0.668. The van der Waals surface area contributed by atoms with Crippen molar-refractivity contribution in [2.24, 2.45) is 0 Å². The van der Waals surface area contributed by atoms with E-state index in [2.05, 4.69) is 20.8 Å². The normalized spacial score (nSPS) is 10.3. The molecule has 7 nitrogen and oxygen atoms in total. The molecule has 0 unspecified atom stereocenters. The molecule has 3 rings (SSSR count). The first-order chi connectivity index (χ1) is 13.0. The lowest BCUT2D eigenvalue weighted by atomic mass is 10.2. The monoisotopic (exact) mass is 386 g/mol. The Bertz CT molecular complexity index is 959. The van der Waals surface area contributed by atoms with Crippen molar-refractivity contribution in [1.29, 1.82) is 0 Å². The third-order valence-electron chi connectivity index (χ3n) is 3.50. The van der Waals surface area contributed by atoms with Crippen LogP contribution in [0.2, 0.25) is 0 Å². The Morgan fingerprint density at radius 1 is 1.07 bits per heavy atom. The zero-order chi connectivity index (χ0) is 19.2. The molecule has 0 spiro atoms. The van der Waals surface area contributed by atoms with Crippen LogP contribution in [0.5, 0.6) is 5.75 Å². The summed E-state index contributed by atoms with van der Waals surface area (Å²) in [4.78, 5) is 24.3. The Hall–Kier alpha value is -3.33. The predicted molar refractivity (Wildman–Crippen MR) is 98.4 cm³/mol. The molecule has 0 saturated carbocycles. The Morgan fingerprint density at radius 2 is 1.78 bits per heavy atom. The van der Waals surface area contributed by atoms with E-state index in [0.717, 1.165) is 11.3 Å². The number of hydrogen-bond acceptors (Lipinski definition) is 6. The van der Waals surface area contributed by atoms with Gasteiger partial charge < -0.3 is 15.4 Å². The molecule has 9 heteroatoms. The molecule has 2 amide bonds. The molecule has 0 saturated heterocycles. The van der Waals surface area contributed by atoms with Crippen molar-refractivity contribution < 1.29 is 18.7 Å². The molecular formula is C18H15FN4O3S. The first kappa shape index (κ1) is 18.5. The van der Waals surface area contributed by atoms with Gasteiger partial charge in [0.15, 0.2) is 0 Å². The largest absolute Gasteiger partial charge is 0.497 e. The quantitative estimate of drug-likeness (QED) is 0.680. The Balaban J connectivity index is 1.59. The average molecular weight is 386 g/mol. The maximum atomic E-state index is 13.1. The molecule has 0 bridgehead atoms. The lowest BCUT2D eigenvalue weighted by Crippen LogP contribution is -2.22. The second kappa shape index (κ2) is 8.37. The van der Waals surface area contributed by atoms with Crippen molar-refractivity contribution in [1.82, 2.24) is 15.5 Å². The molecule has 0 atom stereocenters. The number of nitrogens with one attached hydrogen (secondary N) is 2. The van der Waals surface area contributed by atoms with Gasteiger partial charge in [-0.25, -0.2) is 4.39 Å². The third-order valence-corrected chi connectivity index (χ3v) is 4.42. The highest BCUT2D eigenvalue weighted by atomic mass is 32.1. The number of nitrogens with zero attached hydrogens (tertiary/aromatic N) is 2. The van der Waals surface area contributed by atoms with Crippen molar-refractivity contribution in [2.45, 2.75) is 6.54 Å². The average Bonchev–Trinajstić information content (AvgIpc) is 3.17. The summed E-state index contributed by atoms with van der Waals surface area (Å²) in [6.07, 6.45) is 0. The van der Waals surface area contributed by atoms with Gasteiger partial charge in [0, 0.05) is 12.2 Å². The van der Waals surface area contributed by atoms with E-state index in [1.807, 2.05) is 0 Å². The van der Waals surface area contributed by atoms with Crippen molar-refractivity contribution in [3.8, 4) is 5.75 Å². The summed E-state index contributed by atoms with van der Waals surface area (Å²) >= 11 is 0.869. The van der Waals surface area contributed by atoms with Crippen LogP contribution in [-0.2, 0) is 6.54 Å². The molecule has 0 aliphatic rings. The van der Waals surface area contributed by atoms with Crippen LogP contribution in [0.1, 0.15) is 25.2 Å². The first-order valence-corrected chi connectivity index (χ1v) is 8.68. The van der Waals surface area contributed by atoms with Gasteiger partial charge in [0.05, 0.1) is 7.11 Å². The van der Waals surface area contributed by atoms with Gasteiger partial charge in [-0.15, -0.1) is 10.2 Å². The van der Waals surface area contributed by atoms with E-state index in [-0.39, 0.29) is 22.4 Å². The lowest BCUT2D eigenvalue weighted by Gasteiger charge is -2.04. The van der Waals surface area contributed by atoms with E-state index in [1.165, 1.54) is 12.1 Å². The Morgan fingerprint density at radius 3 is 2.44 bits per heavy atom. The molecule has 3 aromatic rings. The van der Waals surface area contributed by atoms with Crippen LogP contribution < -0.4 is 15.4 Å². The Kier molecular flexibility index (Phi) is 5.72. The number of carbonyl (C=O) groups excluding carboxylic acids is 2. The van der Waals surface area contributed by atoms with Crippen molar-refractivity contribution >= 4 is 28.8 Å². The van der Waals surface area contributed by atoms with Gasteiger partial charge >= 0.3 is 0 Å². The highest BCUT2D eigenvalue weighted by molar-refractivity contribution is 7.15. The molecule has 1 aromatic heterocycles. The molecule has 1 heterocycles. The fourth-order valence-corrected chi connectivity index (χ4v) is 2.83. The van der Waals surface area contributed by atoms with Crippen molar-refractivity contribution in [2.75, 3.05) is 12.4 Å². The topological polar surface area (TPSA) is 93.2 Å². The van der Waals surface area contributed by atoms with Gasteiger partial charge in [-0.3, -0.25) is 9.59 Å². The van der Waals surface area contributed by atoms with E-state index in [0.29, 0.717) is 17.0 Å². The van der Waals surface area contributed by atoms with Crippen LogP contribution >= 0.6 is 11.3 Å². The van der Waals surface area contributed by atoms with E-state index < -0.39 is 11.8 Å². The molecule has 2 aromatic carbocycles. The summed E-state index contributed by atoms with van der Waals surface area (Å²) in [6, 6.07) is 12.7. The molecule has 0 radical (unpaired) electrons. The van der Waals surface area contributed by atoms with Crippen LogP contribution in [0.3, 0.4) is 0 Å². The van der Waals surface area contributed by atoms with Gasteiger partial charge in [0.25, 0.3) is 11.8 Å². The number of amides is 2. The molecule has 0 aliphatic heterocycles. The second-order valence-electron chi connectivity index (χ2n) is 5.41. The maximum absolute atomic E-state index is 13.1. The van der Waals surface area contributed by atoms with Crippen molar-refractivity contribution in [3.05, 3.63) is 69.9 Å². The third kappa shape index (κ3) is 4.85. The Labute approximate surface area is 158 Å². The zero-order valence-corrected chi connectivity index (χ0v) is 15.0. The number of aromatic nitrogens is 2. The molecule has 27 heavy (non-hydrogen) atoms. The minimum Gasteiger partial charge on any atom is -0.497 e. The molecule has 138 valence electrons. The lowest BCUT2D eigenvalue weighted by molar-refractivity contribution is 0.0948. The predicted octanol–water partition coefficient (Wildman–Crippen LogP) is 2.87. The number of hydrogen-bond donors (Lipinski definition) is 2. The summed E-state index contributed by atoms with van der Waals surface area (Å²) in [5, 5.41) is 12.9. The van der Waals surface area contributed by atoms with E-state index in [1.54, 1.807) is 43.5 Å².